The van der Waals surface area contributed by atoms with E-state index in [0.717, 1.165) is 29.6 Å². The van der Waals surface area contributed by atoms with Crippen LogP contribution in [0.15, 0.2) is 45.8 Å². The summed E-state index contributed by atoms with van der Waals surface area (Å²) in [5, 5.41) is 0. The molecule has 3 aliphatic carbocycles. The topological polar surface area (TPSA) is 109 Å². The maximum Gasteiger partial charge on any atom is 0.310 e. The van der Waals surface area contributed by atoms with Crippen molar-refractivity contribution in [3.8, 4) is 0 Å². The zero-order valence-corrected chi connectivity index (χ0v) is 25.2. The van der Waals surface area contributed by atoms with Gasteiger partial charge in [-0.25, -0.2) is 0 Å². The molecule has 3 fully saturated rings. The second kappa shape index (κ2) is 10.4. The summed E-state index contributed by atoms with van der Waals surface area (Å²) in [6, 6.07) is 1.84. The standard InChI is InChI=1S/C33H42O8/c1-8-18(2)24(34)17-40-30-21-13-20-22(33(6,28(21)37)25(31(30,3)4)15-26(35)38-7)9-11-32(5)23(20)14-27(36)41-29(32)19-10-12-39-16-19/h8,10,12,16,21-22,25,29-30H,9,11,13-15,17H2,1-7H3/b18-8+/t21-,22+,25+,29+,30-,32-,33-/m1/s1. The molecule has 4 aliphatic rings. The second-order valence-corrected chi connectivity index (χ2v) is 13.4. The van der Waals surface area contributed by atoms with Gasteiger partial charge in [0.25, 0.3) is 0 Å². The van der Waals surface area contributed by atoms with Gasteiger partial charge in [0.05, 0.1) is 32.2 Å². The minimum Gasteiger partial charge on any atom is -0.472 e. The third-order valence-corrected chi connectivity index (χ3v) is 11.1. The number of ketones is 2. The summed E-state index contributed by atoms with van der Waals surface area (Å²) in [7, 11) is 1.36. The van der Waals surface area contributed by atoms with E-state index in [2.05, 4.69) is 6.92 Å². The van der Waals surface area contributed by atoms with Gasteiger partial charge in [-0.15, -0.1) is 0 Å². The molecule has 8 nitrogen and oxygen atoms in total. The van der Waals surface area contributed by atoms with Crippen LogP contribution in [0.3, 0.4) is 0 Å². The summed E-state index contributed by atoms with van der Waals surface area (Å²) in [6.07, 6.45) is 6.06. The van der Waals surface area contributed by atoms with Crippen LogP contribution in [0.1, 0.15) is 85.3 Å². The Labute approximate surface area is 241 Å². The van der Waals surface area contributed by atoms with Gasteiger partial charge in [0.15, 0.2) is 5.78 Å². The Morgan fingerprint density at radius 3 is 2.54 bits per heavy atom. The summed E-state index contributed by atoms with van der Waals surface area (Å²) in [6.45, 7) is 11.7. The zero-order valence-electron chi connectivity index (χ0n) is 25.2. The van der Waals surface area contributed by atoms with E-state index in [1.54, 1.807) is 32.4 Å². The summed E-state index contributed by atoms with van der Waals surface area (Å²) in [5.41, 5.74) is 1.66. The van der Waals surface area contributed by atoms with Crippen molar-refractivity contribution < 1.29 is 37.8 Å². The number of carbonyl (C=O) groups is 4. The Bertz CT molecular complexity index is 1320. The largest absolute Gasteiger partial charge is 0.472 e. The third kappa shape index (κ3) is 4.44. The fraction of sp³-hybridized carbons (Fsp3) is 0.636. The number of furan rings is 1. The molecule has 0 amide bonds. The van der Waals surface area contributed by atoms with E-state index in [4.69, 9.17) is 18.6 Å². The monoisotopic (exact) mass is 566 g/mol. The molecule has 0 aromatic carbocycles. The van der Waals surface area contributed by atoms with Gasteiger partial charge in [0.2, 0.25) is 0 Å². The molecule has 0 radical (unpaired) electrons. The van der Waals surface area contributed by atoms with E-state index in [9.17, 15) is 19.2 Å². The number of allylic oxidation sites excluding steroid dienone is 2. The van der Waals surface area contributed by atoms with Crippen molar-refractivity contribution in [1.82, 2.24) is 0 Å². The van der Waals surface area contributed by atoms with Crippen LogP contribution in [0.5, 0.6) is 0 Å². The number of esters is 2. The Morgan fingerprint density at radius 1 is 1.17 bits per heavy atom. The molecule has 222 valence electrons. The fourth-order valence-corrected chi connectivity index (χ4v) is 8.73. The molecule has 2 bridgehead atoms. The van der Waals surface area contributed by atoms with Gasteiger partial charge in [-0.1, -0.05) is 39.3 Å². The van der Waals surface area contributed by atoms with E-state index in [1.807, 2.05) is 26.8 Å². The number of ether oxygens (including phenoxy) is 3. The maximum atomic E-state index is 14.5. The lowest BCUT2D eigenvalue weighted by atomic mass is 9.40. The molecule has 1 saturated heterocycles. The lowest BCUT2D eigenvalue weighted by molar-refractivity contribution is -0.195. The van der Waals surface area contributed by atoms with Gasteiger partial charge in [0.1, 0.15) is 18.5 Å². The lowest BCUT2D eigenvalue weighted by Crippen LogP contribution is -2.66. The fourth-order valence-electron chi connectivity index (χ4n) is 8.73. The molecule has 0 spiro atoms. The van der Waals surface area contributed by atoms with Crippen LogP contribution in [0.25, 0.3) is 0 Å². The zero-order chi connectivity index (χ0) is 29.9. The van der Waals surface area contributed by atoms with E-state index < -0.39 is 34.4 Å². The number of carbonyl (C=O) groups excluding carboxylic acids is 4. The number of cyclic esters (lactones) is 1. The average molecular weight is 567 g/mol. The van der Waals surface area contributed by atoms with Crippen LogP contribution < -0.4 is 0 Å². The minimum atomic E-state index is -0.861. The van der Waals surface area contributed by atoms with E-state index >= 15 is 0 Å². The molecule has 1 aliphatic heterocycles. The maximum absolute atomic E-state index is 14.5. The molecule has 7 atom stereocenters. The van der Waals surface area contributed by atoms with Crippen molar-refractivity contribution in [2.24, 2.45) is 34.0 Å². The molecule has 2 saturated carbocycles. The molecule has 1 aromatic rings. The highest BCUT2D eigenvalue weighted by atomic mass is 16.5. The molecule has 8 heteroatoms. The number of Topliss-reactive ketones (excluding diaryl/α,β-unsaturated/α-hetero) is 2. The summed E-state index contributed by atoms with van der Waals surface area (Å²) < 4.78 is 22.8. The van der Waals surface area contributed by atoms with Gasteiger partial charge in [-0.05, 0) is 67.6 Å². The Balaban J connectivity index is 1.64. The number of hydrogen-bond acceptors (Lipinski definition) is 8. The van der Waals surface area contributed by atoms with E-state index in [0.29, 0.717) is 12.0 Å². The summed E-state index contributed by atoms with van der Waals surface area (Å²) in [5.74, 6) is -1.74. The Morgan fingerprint density at radius 2 is 1.90 bits per heavy atom. The molecular formula is C33H42O8. The first-order valence-electron chi connectivity index (χ1n) is 14.6. The first-order chi connectivity index (χ1) is 19.3. The lowest BCUT2D eigenvalue weighted by Gasteiger charge is -2.64. The Hall–Kier alpha value is -3.00. The molecule has 1 aromatic heterocycles. The highest BCUT2D eigenvalue weighted by molar-refractivity contribution is 5.96. The van der Waals surface area contributed by atoms with Crippen molar-refractivity contribution in [2.45, 2.75) is 85.9 Å². The van der Waals surface area contributed by atoms with Crippen LogP contribution in [0, 0.1) is 34.0 Å². The normalized spacial score (nSPS) is 36.3. The molecule has 0 N–H and O–H groups in total. The predicted molar refractivity (Wildman–Crippen MR) is 149 cm³/mol. The van der Waals surface area contributed by atoms with Crippen LogP contribution in [0.2, 0.25) is 0 Å². The van der Waals surface area contributed by atoms with Gasteiger partial charge in [0, 0.05) is 28.7 Å². The van der Waals surface area contributed by atoms with Gasteiger partial charge in [-0.2, -0.15) is 0 Å². The van der Waals surface area contributed by atoms with Crippen molar-refractivity contribution in [2.75, 3.05) is 13.7 Å². The van der Waals surface area contributed by atoms with Crippen LogP contribution >= 0.6 is 0 Å². The minimum absolute atomic E-state index is 0.0657. The number of rotatable bonds is 7. The molecule has 2 heterocycles. The SMILES string of the molecule is C/C=C(\C)C(=O)CO[C@@H]1[C@@H]2CC3=C4CC(=O)O[C@@H](c5ccoc5)[C@]4(C)CC[C@@H]3[C@@](C)(C2=O)[C@@H](CC(=O)OC)C1(C)C. The first kappa shape index (κ1) is 29.5. The van der Waals surface area contributed by atoms with Crippen LogP contribution in [-0.4, -0.2) is 43.3 Å². The molecule has 5 rings (SSSR count). The number of hydrogen-bond donors (Lipinski definition) is 0. The van der Waals surface area contributed by atoms with Crippen molar-refractivity contribution in [3.63, 3.8) is 0 Å². The van der Waals surface area contributed by atoms with Gasteiger partial charge < -0.3 is 18.6 Å². The summed E-state index contributed by atoms with van der Waals surface area (Å²) in [4.78, 5) is 53.1. The smallest absolute Gasteiger partial charge is 0.310 e. The first-order valence-corrected chi connectivity index (χ1v) is 14.6. The predicted octanol–water partition coefficient (Wildman–Crippen LogP) is 5.72. The molecule has 41 heavy (non-hydrogen) atoms. The highest BCUT2D eigenvalue weighted by Crippen LogP contribution is 2.68. The Kier molecular flexibility index (Phi) is 7.46. The third-order valence-electron chi connectivity index (χ3n) is 11.1. The highest BCUT2D eigenvalue weighted by Gasteiger charge is 2.68. The number of fused-ring (bicyclic) bond motifs is 5. The van der Waals surface area contributed by atoms with Crippen molar-refractivity contribution >= 4 is 23.5 Å². The van der Waals surface area contributed by atoms with Crippen molar-refractivity contribution in [3.05, 3.63) is 47.0 Å². The van der Waals surface area contributed by atoms with Gasteiger partial charge in [-0.3, -0.25) is 19.2 Å². The second-order valence-electron chi connectivity index (χ2n) is 13.4. The van der Waals surface area contributed by atoms with Crippen molar-refractivity contribution in [1.29, 1.82) is 0 Å². The number of methoxy groups -OCH3 is 1. The average Bonchev–Trinajstić information content (AvgIpc) is 3.47. The van der Waals surface area contributed by atoms with E-state index in [1.165, 1.54) is 7.11 Å². The quantitative estimate of drug-likeness (QED) is 0.234. The molecule has 0 unspecified atom stereocenters. The van der Waals surface area contributed by atoms with Crippen LogP contribution in [-0.2, 0) is 33.4 Å². The van der Waals surface area contributed by atoms with Crippen LogP contribution in [0.4, 0.5) is 0 Å². The molecular weight excluding hydrogens is 524 g/mol. The van der Waals surface area contributed by atoms with E-state index in [-0.39, 0.29) is 54.8 Å². The summed E-state index contributed by atoms with van der Waals surface area (Å²) >= 11 is 0. The van der Waals surface area contributed by atoms with Gasteiger partial charge >= 0.3 is 11.9 Å².